The van der Waals surface area contributed by atoms with Crippen LogP contribution in [0.4, 0.5) is 0 Å². The molecule has 0 unspecified atom stereocenters. The van der Waals surface area contributed by atoms with Crippen LogP contribution in [-0.2, 0) is 9.47 Å². The van der Waals surface area contributed by atoms with Crippen molar-refractivity contribution in [1.82, 2.24) is 0 Å². The summed E-state index contributed by atoms with van der Waals surface area (Å²) in [5.41, 5.74) is 5.39. The molecule has 1 aliphatic rings. The van der Waals surface area contributed by atoms with E-state index >= 15 is 0 Å². The van der Waals surface area contributed by atoms with Crippen molar-refractivity contribution in [2.75, 3.05) is 6.79 Å². The third-order valence-corrected chi connectivity index (χ3v) is 0.837. The molecule has 0 aromatic heterocycles. The van der Waals surface area contributed by atoms with E-state index in [-0.39, 0.29) is 18.2 Å². The van der Waals surface area contributed by atoms with Crippen LogP contribution >= 0.6 is 0 Å². The first-order valence-corrected chi connectivity index (χ1v) is 2.39. The molecule has 0 aromatic rings. The van der Waals surface area contributed by atoms with E-state index in [0.717, 1.165) is 6.26 Å². The molecule has 0 atom stereocenters. The highest BCUT2D eigenvalue weighted by molar-refractivity contribution is 5.17. The maximum Gasteiger partial charge on any atom is 0.229 e. The van der Waals surface area contributed by atoms with Gasteiger partial charge in [-0.25, -0.2) is 0 Å². The Labute approximate surface area is 52.2 Å². The Morgan fingerprint density at radius 1 is 1.44 bits per heavy atom. The molecule has 0 spiro atoms. The summed E-state index contributed by atoms with van der Waals surface area (Å²) in [5.74, 6) is -0.104. The second kappa shape index (κ2) is 2.30. The van der Waals surface area contributed by atoms with Gasteiger partial charge in [0.15, 0.2) is 5.76 Å². The van der Waals surface area contributed by atoms with Crippen LogP contribution in [0.25, 0.3) is 0 Å². The Morgan fingerprint density at radius 3 is 2.89 bits per heavy atom. The number of ether oxygens (including phenoxy) is 2. The lowest BCUT2D eigenvalue weighted by molar-refractivity contribution is 0.0462. The standard InChI is InChI=1S/C5H7NO3/c6-4-1-8-3-9-2-5(4)7/h1-2,7H,3,6H2. The van der Waals surface area contributed by atoms with Gasteiger partial charge in [-0.2, -0.15) is 0 Å². The van der Waals surface area contributed by atoms with Crippen molar-refractivity contribution in [3.8, 4) is 0 Å². The normalized spacial score (nSPS) is 18.2. The van der Waals surface area contributed by atoms with Crippen molar-refractivity contribution in [1.29, 1.82) is 0 Å². The van der Waals surface area contributed by atoms with Crippen LogP contribution < -0.4 is 5.73 Å². The summed E-state index contributed by atoms with van der Waals surface area (Å²) in [4.78, 5) is 0. The van der Waals surface area contributed by atoms with Crippen LogP contribution in [-0.4, -0.2) is 11.9 Å². The van der Waals surface area contributed by atoms with Gasteiger partial charge in [0.25, 0.3) is 0 Å². The van der Waals surface area contributed by atoms with Crippen molar-refractivity contribution in [2.24, 2.45) is 5.73 Å². The minimum atomic E-state index is -0.104. The van der Waals surface area contributed by atoms with E-state index in [9.17, 15) is 0 Å². The van der Waals surface area contributed by atoms with Gasteiger partial charge < -0.3 is 20.3 Å². The van der Waals surface area contributed by atoms with Gasteiger partial charge in [0.2, 0.25) is 6.79 Å². The summed E-state index contributed by atoms with van der Waals surface area (Å²) in [5, 5.41) is 8.82. The number of rotatable bonds is 0. The first-order chi connectivity index (χ1) is 4.30. The quantitative estimate of drug-likeness (QED) is 0.490. The van der Waals surface area contributed by atoms with Crippen LogP contribution in [0.15, 0.2) is 24.0 Å². The van der Waals surface area contributed by atoms with E-state index in [1.54, 1.807) is 0 Å². The maximum atomic E-state index is 8.82. The Hall–Kier alpha value is -1.32. The van der Waals surface area contributed by atoms with Gasteiger partial charge in [-0.1, -0.05) is 0 Å². The van der Waals surface area contributed by atoms with Gasteiger partial charge in [0.05, 0.1) is 0 Å². The van der Waals surface area contributed by atoms with Crippen molar-refractivity contribution in [2.45, 2.75) is 0 Å². The fourth-order valence-electron chi connectivity index (χ4n) is 0.404. The Kier molecular flexibility index (Phi) is 1.48. The summed E-state index contributed by atoms with van der Waals surface area (Å²) < 4.78 is 9.27. The molecule has 1 heterocycles. The molecule has 4 heteroatoms. The monoisotopic (exact) mass is 129 g/mol. The number of aliphatic hydroxyl groups excluding tert-OH is 1. The van der Waals surface area contributed by atoms with Gasteiger partial charge in [0.1, 0.15) is 18.2 Å². The Bertz CT molecular complexity index is 144. The minimum absolute atomic E-state index is 0.0881. The zero-order chi connectivity index (χ0) is 6.69. The molecule has 0 saturated heterocycles. The van der Waals surface area contributed by atoms with Crippen molar-refractivity contribution in [3.05, 3.63) is 24.0 Å². The van der Waals surface area contributed by atoms with Crippen molar-refractivity contribution in [3.63, 3.8) is 0 Å². The second-order valence-corrected chi connectivity index (χ2v) is 1.53. The van der Waals surface area contributed by atoms with Gasteiger partial charge in [-0.3, -0.25) is 0 Å². The largest absolute Gasteiger partial charge is 0.503 e. The van der Waals surface area contributed by atoms with Gasteiger partial charge in [-0.05, 0) is 0 Å². The van der Waals surface area contributed by atoms with Crippen LogP contribution in [0.1, 0.15) is 0 Å². The Morgan fingerprint density at radius 2 is 2.11 bits per heavy atom. The maximum absolute atomic E-state index is 8.82. The van der Waals surface area contributed by atoms with Gasteiger partial charge in [-0.15, -0.1) is 0 Å². The van der Waals surface area contributed by atoms with E-state index < -0.39 is 0 Å². The van der Waals surface area contributed by atoms with Crippen LogP contribution in [0.2, 0.25) is 0 Å². The molecule has 4 nitrogen and oxygen atoms in total. The summed E-state index contributed by atoms with van der Waals surface area (Å²) in [6.45, 7) is 0.0881. The fraction of sp³-hybridized carbons (Fsp3) is 0.200. The topological polar surface area (TPSA) is 64.7 Å². The first-order valence-electron chi connectivity index (χ1n) is 2.39. The first kappa shape index (κ1) is 5.81. The molecule has 0 radical (unpaired) electrons. The van der Waals surface area contributed by atoms with Gasteiger partial charge >= 0.3 is 0 Å². The minimum Gasteiger partial charge on any atom is -0.503 e. The molecule has 0 saturated carbocycles. The smallest absolute Gasteiger partial charge is 0.229 e. The van der Waals surface area contributed by atoms with Crippen LogP contribution in [0, 0.1) is 0 Å². The predicted molar refractivity (Wildman–Crippen MR) is 30.0 cm³/mol. The molecular formula is C5H7NO3. The van der Waals surface area contributed by atoms with E-state index in [0.29, 0.717) is 0 Å². The van der Waals surface area contributed by atoms with E-state index in [4.69, 9.17) is 10.8 Å². The summed E-state index contributed by atoms with van der Waals surface area (Å²) >= 11 is 0. The second-order valence-electron chi connectivity index (χ2n) is 1.53. The molecule has 0 aliphatic carbocycles. The highest BCUT2D eigenvalue weighted by Crippen LogP contribution is 2.03. The van der Waals surface area contributed by atoms with Crippen molar-refractivity contribution >= 4 is 0 Å². The molecule has 3 N–H and O–H groups in total. The summed E-state index contributed by atoms with van der Waals surface area (Å²) in [7, 11) is 0. The van der Waals surface area contributed by atoms with Crippen molar-refractivity contribution < 1.29 is 14.6 Å². The average molecular weight is 129 g/mol. The lowest BCUT2D eigenvalue weighted by Crippen LogP contribution is -1.99. The molecule has 0 bridgehead atoms. The molecular weight excluding hydrogens is 122 g/mol. The zero-order valence-electron chi connectivity index (χ0n) is 4.70. The summed E-state index contributed by atoms with van der Waals surface area (Å²) in [6.07, 6.45) is 2.37. The summed E-state index contributed by atoms with van der Waals surface area (Å²) in [6, 6.07) is 0. The van der Waals surface area contributed by atoms with Crippen LogP contribution in [0.5, 0.6) is 0 Å². The predicted octanol–water partition coefficient (Wildman–Crippen LogP) is 0.190. The SMILES string of the molecule is NC1=COCOC=C1O. The zero-order valence-corrected chi connectivity index (χ0v) is 4.70. The molecule has 9 heavy (non-hydrogen) atoms. The van der Waals surface area contributed by atoms with E-state index in [2.05, 4.69) is 9.47 Å². The highest BCUT2D eigenvalue weighted by atomic mass is 16.7. The molecule has 1 aliphatic heterocycles. The third-order valence-electron chi connectivity index (χ3n) is 0.837. The highest BCUT2D eigenvalue weighted by Gasteiger charge is 2.00. The Balaban J connectivity index is 2.71. The molecule has 0 amide bonds. The fourth-order valence-corrected chi connectivity index (χ4v) is 0.404. The molecule has 0 fully saturated rings. The van der Waals surface area contributed by atoms with Gasteiger partial charge in [0, 0.05) is 0 Å². The number of hydrogen-bond donors (Lipinski definition) is 2. The number of nitrogens with two attached hydrogens (primary N) is 1. The number of hydrogen-bond acceptors (Lipinski definition) is 4. The van der Waals surface area contributed by atoms with E-state index in [1.807, 2.05) is 0 Å². The van der Waals surface area contributed by atoms with Crippen LogP contribution in [0.3, 0.4) is 0 Å². The molecule has 50 valence electrons. The lowest BCUT2D eigenvalue weighted by atomic mass is 10.4. The average Bonchev–Trinajstić information content (AvgIpc) is 1.99. The number of aliphatic hydroxyl groups is 1. The third kappa shape index (κ3) is 1.28. The molecule has 1 rings (SSSR count). The van der Waals surface area contributed by atoms with E-state index in [1.165, 1.54) is 6.26 Å². The lowest BCUT2D eigenvalue weighted by Gasteiger charge is -1.93. The molecule has 0 aromatic carbocycles.